The van der Waals surface area contributed by atoms with Crippen molar-refractivity contribution in [3.8, 4) is 17.6 Å². The van der Waals surface area contributed by atoms with Gasteiger partial charge in [0, 0.05) is 24.1 Å². The molecular formula is C20H20FN3O3. The second kappa shape index (κ2) is 7.96. The van der Waals surface area contributed by atoms with Crippen molar-refractivity contribution in [2.45, 2.75) is 32.9 Å². The molecule has 1 heterocycles. The summed E-state index contributed by atoms with van der Waals surface area (Å²) < 4.78 is 24.6. The van der Waals surface area contributed by atoms with Gasteiger partial charge in [-0.1, -0.05) is 0 Å². The predicted octanol–water partition coefficient (Wildman–Crippen LogP) is 3.74. The summed E-state index contributed by atoms with van der Waals surface area (Å²) >= 11 is 0. The van der Waals surface area contributed by atoms with Crippen LogP contribution in [-0.2, 0) is 13.0 Å². The van der Waals surface area contributed by atoms with E-state index < -0.39 is 11.8 Å². The first-order valence-electron chi connectivity index (χ1n) is 8.70. The molecule has 1 aliphatic rings. The monoisotopic (exact) mass is 369 g/mol. The molecule has 0 aromatic heterocycles. The van der Waals surface area contributed by atoms with Gasteiger partial charge in [-0.15, -0.1) is 0 Å². The minimum Gasteiger partial charge on any atom is -0.494 e. The molecular weight excluding hydrogens is 349 g/mol. The maximum Gasteiger partial charge on any atom is 0.319 e. The molecule has 0 saturated heterocycles. The van der Waals surface area contributed by atoms with Crippen LogP contribution in [0.3, 0.4) is 0 Å². The molecule has 27 heavy (non-hydrogen) atoms. The third-order valence-corrected chi connectivity index (χ3v) is 4.17. The van der Waals surface area contributed by atoms with Crippen LogP contribution in [0.4, 0.5) is 14.9 Å². The number of benzene rings is 2. The highest BCUT2D eigenvalue weighted by Gasteiger charge is 2.22. The summed E-state index contributed by atoms with van der Waals surface area (Å²) in [5, 5.41) is 14.3. The van der Waals surface area contributed by atoms with Gasteiger partial charge in [-0.05, 0) is 44.2 Å². The van der Waals surface area contributed by atoms with E-state index in [0.29, 0.717) is 12.4 Å². The zero-order chi connectivity index (χ0) is 19.4. The van der Waals surface area contributed by atoms with E-state index in [2.05, 4.69) is 10.6 Å². The Morgan fingerprint density at radius 3 is 2.96 bits per heavy atom. The summed E-state index contributed by atoms with van der Waals surface area (Å²) in [4.78, 5) is 12.2. The van der Waals surface area contributed by atoms with E-state index in [-0.39, 0.29) is 23.9 Å². The van der Waals surface area contributed by atoms with Crippen molar-refractivity contribution in [3.05, 3.63) is 52.8 Å². The lowest BCUT2D eigenvalue weighted by Gasteiger charge is -2.14. The molecule has 3 rings (SSSR count). The third kappa shape index (κ3) is 4.29. The molecule has 140 valence electrons. The second-order valence-corrected chi connectivity index (χ2v) is 6.24. The van der Waals surface area contributed by atoms with Crippen molar-refractivity contribution >= 4 is 11.7 Å². The first-order chi connectivity index (χ1) is 13.0. The minimum absolute atomic E-state index is 0.0556. The van der Waals surface area contributed by atoms with Crippen molar-refractivity contribution in [3.63, 3.8) is 0 Å². The number of fused-ring (bicyclic) bond motifs is 1. The van der Waals surface area contributed by atoms with Crippen molar-refractivity contribution in [2.75, 3.05) is 11.9 Å². The molecule has 0 aliphatic carbocycles. The summed E-state index contributed by atoms with van der Waals surface area (Å²) in [6.07, 6.45) is 0.939. The molecule has 0 bridgehead atoms. The number of halogens is 1. The Kier molecular flexibility index (Phi) is 5.46. The topological polar surface area (TPSA) is 83.4 Å². The Balaban J connectivity index is 1.70. The number of hydrogen-bond acceptors (Lipinski definition) is 4. The van der Waals surface area contributed by atoms with Crippen LogP contribution in [0.15, 0.2) is 30.3 Å². The molecule has 0 saturated carbocycles. The van der Waals surface area contributed by atoms with Gasteiger partial charge in [0.1, 0.15) is 29.5 Å². The minimum atomic E-state index is -0.536. The Labute approximate surface area is 156 Å². The van der Waals surface area contributed by atoms with Crippen LogP contribution >= 0.6 is 0 Å². The zero-order valence-electron chi connectivity index (χ0n) is 15.1. The number of urea groups is 1. The molecule has 2 aromatic carbocycles. The summed E-state index contributed by atoms with van der Waals surface area (Å²) in [6.45, 7) is 4.63. The number of ether oxygens (including phenoxy) is 2. The maximum atomic E-state index is 13.2. The van der Waals surface area contributed by atoms with E-state index in [0.717, 1.165) is 29.4 Å². The Morgan fingerprint density at radius 2 is 2.22 bits per heavy atom. The summed E-state index contributed by atoms with van der Waals surface area (Å²) in [6, 6.07) is 8.78. The number of carbonyl (C=O) groups is 1. The van der Waals surface area contributed by atoms with E-state index >= 15 is 0 Å². The van der Waals surface area contributed by atoms with Crippen LogP contribution < -0.4 is 20.1 Å². The lowest BCUT2D eigenvalue weighted by Crippen LogP contribution is -2.28. The number of rotatable bonds is 5. The van der Waals surface area contributed by atoms with Gasteiger partial charge in [-0.25, -0.2) is 9.18 Å². The SMILES string of the molecule is CCOc1cc2c(cc1CNC(=O)Nc1ccc(F)cc1C#N)OC(C)C2. The Hall–Kier alpha value is -3.27. The van der Waals surface area contributed by atoms with Crippen molar-refractivity contribution < 1.29 is 18.7 Å². The second-order valence-electron chi connectivity index (χ2n) is 6.24. The molecule has 1 unspecified atom stereocenters. The van der Waals surface area contributed by atoms with Crippen molar-refractivity contribution in [1.29, 1.82) is 5.26 Å². The van der Waals surface area contributed by atoms with Gasteiger partial charge in [0.25, 0.3) is 0 Å². The normalized spacial score (nSPS) is 14.7. The predicted molar refractivity (Wildman–Crippen MR) is 98.4 cm³/mol. The largest absolute Gasteiger partial charge is 0.494 e. The number of nitrogens with zero attached hydrogens (tertiary/aromatic N) is 1. The van der Waals surface area contributed by atoms with Gasteiger partial charge in [0.05, 0.1) is 17.9 Å². The fourth-order valence-electron chi connectivity index (χ4n) is 2.97. The van der Waals surface area contributed by atoms with E-state index in [1.54, 1.807) is 0 Å². The smallest absolute Gasteiger partial charge is 0.319 e. The highest BCUT2D eigenvalue weighted by Crippen LogP contribution is 2.35. The molecule has 2 amide bonds. The molecule has 2 aromatic rings. The molecule has 0 spiro atoms. The van der Waals surface area contributed by atoms with Gasteiger partial charge >= 0.3 is 6.03 Å². The summed E-state index contributed by atoms with van der Waals surface area (Å²) in [7, 11) is 0. The maximum absolute atomic E-state index is 13.2. The first-order valence-corrected chi connectivity index (χ1v) is 8.70. The lowest BCUT2D eigenvalue weighted by atomic mass is 10.1. The van der Waals surface area contributed by atoms with Crippen molar-refractivity contribution in [1.82, 2.24) is 5.32 Å². The van der Waals surface area contributed by atoms with Crippen molar-refractivity contribution in [2.24, 2.45) is 0 Å². The number of nitrogens with one attached hydrogen (secondary N) is 2. The average Bonchev–Trinajstić information content (AvgIpc) is 3.00. The van der Waals surface area contributed by atoms with Crippen LogP contribution in [0.5, 0.6) is 11.5 Å². The van der Waals surface area contributed by atoms with Gasteiger partial charge in [-0.3, -0.25) is 0 Å². The average molecular weight is 369 g/mol. The standard InChI is InChI=1S/C20H20FN3O3/c1-3-26-18-8-13-6-12(2)27-19(13)9-15(18)11-23-20(25)24-17-5-4-16(21)7-14(17)10-22/h4-5,7-9,12H,3,6,11H2,1-2H3,(H2,23,24,25). The number of hydrogen-bond donors (Lipinski definition) is 2. The molecule has 6 nitrogen and oxygen atoms in total. The molecule has 1 aliphatic heterocycles. The van der Waals surface area contributed by atoms with E-state index in [1.807, 2.05) is 32.0 Å². The Morgan fingerprint density at radius 1 is 1.41 bits per heavy atom. The first kappa shape index (κ1) is 18.5. The fraction of sp³-hybridized carbons (Fsp3) is 0.300. The molecule has 1 atom stereocenters. The number of anilines is 1. The highest BCUT2D eigenvalue weighted by atomic mass is 19.1. The van der Waals surface area contributed by atoms with Crippen LogP contribution in [0, 0.1) is 17.1 Å². The van der Waals surface area contributed by atoms with E-state index in [4.69, 9.17) is 14.7 Å². The molecule has 0 fully saturated rings. The molecule has 2 N–H and O–H groups in total. The number of nitriles is 1. The lowest BCUT2D eigenvalue weighted by molar-refractivity contribution is 0.250. The van der Waals surface area contributed by atoms with Gasteiger partial charge in [0.2, 0.25) is 0 Å². The summed E-state index contributed by atoms with van der Waals surface area (Å²) in [5.41, 5.74) is 2.18. The van der Waals surface area contributed by atoms with Crippen LogP contribution in [0.1, 0.15) is 30.5 Å². The number of carbonyl (C=O) groups excluding carboxylic acids is 1. The van der Waals surface area contributed by atoms with Gasteiger partial charge in [-0.2, -0.15) is 5.26 Å². The Bertz CT molecular complexity index is 908. The van der Waals surface area contributed by atoms with Crippen LogP contribution in [0.2, 0.25) is 0 Å². The summed E-state index contributed by atoms with van der Waals surface area (Å²) in [5.74, 6) is 0.966. The van der Waals surface area contributed by atoms with Gasteiger partial charge in [0.15, 0.2) is 0 Å². The zero-order valence-corrected chi connectivity index (χ0v) is 15.1. The fourth-order valence-corrected chi connectivity index (χ4v) is 2.97. The molecule has 0 radical (unpaired) electrons. The van der Waals surface area contributed by atoms with E-state index in [1.165, 1.54) is 12.1 Å². The third-order valence-electron chi connectivity index (χ3n) is 4.17. The van der Waals surface area contributed by atoms with E-state index in [9.17, 15) is 9.18 Å². The van der Waals surface area contributed by atoms with Gasteiger partial charge < -0.3 is 20.1 Å². The van der Waals surface area contributed by atoms with Crippen LogP contribution in [0.25, 0.3) is 0 Å². The highest BCUT2D eigenvalue weighted by molar-refractivity contribution is 5.90. The number of amides is 2. The molecule has 7 heteroatoms. The van der Waals surface area contributed by atoms with Crippen LogP contribution in [-0.4, -0.2) is 18.7 Å². The quantitative estimate of drug-likeness (QED) is 0.841.